The van der Waals surface area contributed by atoms with Crippen LogP contribution >= 0.6 is 0 Å². The minimum atomic E-state index is -0.0944. The van der Waals surface area contributed by atoms with Crippen LogP contribution in [0.5, 0.6) is 0 Å². The second-order valence-electron chi connectivity index (χ2n) is 14.3. The number of fused-ring (bicyclic) bond motifs is 6. The number of benzene rings is 7. The van der Waals surface area contributed by atoms with Crippen LogP contribution in [0, 0.1) is 0 Å². The average molecular weight is 666 g/mol. The van der Waals surface area contributed by atoms with Crippen molar-refractivity contribution in [2.45, 2.75) is 19.3 Å². The van der Waals surface area contributed by atoms with Gasteiger partial charge in [-0.05, 0) is 81.9 Å². The Labute approximate surface area is 303 Å². The fourth-order valence-corrected chi connectivity index (χ4v) is 8.19. The van der Waals surface area contributed by atoms with Gasteiger partial charge in [0.2, 0.25) is 0 Å². The molecular weight excluding hydrogens is 631 g/mol. The highest BCUT2D eigenvalue weighted by Crippen LogP contribution is 2.49. The number of hydrogen-bond acceptors (Lipinski definition) is 2. The van der Waals surface area contributed by atoms with E-state index in [1.165, 1.54) is 44.1 Å². The van der Waals surface area contributed by atoms with Gasteiger partial charge < -0.3 is 4.57 Å². The molecule has 0 spiro atoms. The van der Waals surface area contributed by atoms with Gasteiger partial charge in [0.15, 0.2) is 5.82 Å². The summed E-state index contributed by atoms with van der Waals surface area (Å²) < 4.78 is 2.36. The van der Waals surface area contributed by atoms with Crippen molar-refractivity contribution >= 4 is 21.8 Å². The number of rotatable bonds is 5. The second kappa shape index (κ2) is 11.8. The van der Waals surface area contributed by atoms with Crippen LogP contribution in [-0.2, 0) is 5.41 Å². The van der Waals surface area contributed by atoms with E-state index < -0.39 is 0 Å². The summed E-state index contributed by atoms with van der Waals surface area (Å²) >= 11 is 0. The zero-order valence-electron chi connectivity index (χ0n) is 29.1. The zero-order chi connectivity index (χ0) is 34.8. The Hall–Kier alpha value is -6.58. The molecule has 0 saturated heterocycles. The quantitative estimate of drug-likeness (QED) is 0.183. The van der Waals surface area contributed by atoms with Gasteiger partial charge in [0.25, 0.3) is 0 Å². The first kappa shape index (κ1) is 30.3. The first-order valence-corrected chi connectivity index (χ1v) is 17.9. The monoisotopic (exact) mass is 665 g/mol. The zero-order valence-corrected chi connectivity index (χ0v) is 29.1. The molecule has 2 heterocycles. The van der Waals surface area contributed by atoms with E-state index in [1.807, 2.05) is 6.07 Å². The Kier molecular flexibility index (Phi) is 6.84. The van der Waals surface area contributed by atoms with Crippen LogP contribution in [0.15, 0.2) is 176 Å². The first-order chi connectivity index (χ1) is 25.5. The van der Waals surface area contributed by atoms with Crippen LogP contribution < -0.4 is 0 Å². The number of para-hydroxylation sites is 2. The topological polar surface area (TPSA) is 30.7 Å². The summed E-state index contributed by atoms with van der Waals surface area (Å²) in [6.07, 6.45) is 0. The molecule has 2 aromatic heterocycles. The van der Waals surface area contributed by atoms with Gasteiger partial charge >= 0.3 is 0 Å². The van der Waals surface area contributed by atoms with E-state index >= 15 is 0 Å². The van der Waals surface area contributed by atoms with Crippen molar-refractivity contribution < 1.29 is 0 Å². The van der Waals surface area contributed by atoms with Gasteiger partial charge in [-0.2, -0.15) is 0 Å². The van der Waals surface area contributed by atoms with E-state index in [1.54, 1.807) is 0 Å². The molecule has 0 saturated carbocycles. The van der Waals surface area contributed by atoms with E-state index in [0.29, 0.717) is 5.82 Å². The van der Waals surface area contributed by atoms with Gasteiger partial charge in [-0.15, -0.1) is 0 Å². The average Bonchev–Trinajstić information content (AvgIpc) is 3.66. The normalized spacial score (nSPS) is 13.0. The summed E-state index contributed by atoms with van der Waals surface area (Å²) in [4.78, 5) is 10.5. The van der Waals surface area contributed by atoms with Crippen LogP contribution in [0.1, 0.15) is 25.0 Å². The van der Waals surface area contributed by atoms with E-state index in [0.717, 1.165) is 44.9 Å². The molecule has 10 rings (SSSR count). The van der Waals surface area contributed by atoms with Crippen molar-refractivity contribution in [3.8, 4) is 61.8 Å². The predicted octanol–water partition coefficient (Wildman–Crippen LogP) is 12.5. The summed E-state index contributed by atoms with van der Waals surface area (Å²) in [5.74, 6) is 0.711. The van der Waals surface area contributed by atoms with Crippen LogP contribution in [-0.4, -0.2) is 14.5 Å². The van der Waals surface area contributed by atoms with Crippen LogP contribution in [0.2, 0.25) is 0 Å². The standard InChI is InChI=1S/C49H35N3/c1-49(2)42-22-11-9-20-38(42)39-26-24-35(30-43(39)49)45-31-44(32-14-5-3-6-15-32)50-48(51-45)36-17-13-16-33(28-36)34-25-27-47-41(29-34)40-21-10-12-23-46(40)52(47)37-18-7-4-8-19-37/h3-31H,1-2H3. The van der Waals surface area contributed by atoms with Crippen molar-refractivity contribution in [3.63, 3.8) is 0 Å². The van der Waals surface area contributed by atoms with Crippen molar-refractivity contribution in [1.82, 2.24) is 14.5 Å². The van der Waals surface area contributed by atoms with Crippen LogP contribution in [0.3, 0.4) is 0 Å². The van der Waals surface area contributed by atoms with Crippen molar-refractivity contribution in [2.75, 3.05) is 0 Å². The maximum absolute atomic E-state index is 5.27. The third-order valence-corrected chi connectivity index (χ3v) is 10.8. The Morgan fingerprint density at radius 3 is 1.87 bits per heavy atom. The summed E-state index contributed by atoms with van der Waals surface area (Å²) in [6.45, 7) is 4.65. The highest BCUT2D eigenvalue weighted by molar-refractivity contribution is 6.10. The molecule has 9 aromatic rings. The molecule has 0 unspecified atom stereocenters. The lowest BCUT2D eigenvalue weighted by Gasteiger charge is -2.22. The molecule has 0 aliphatic heterocycles. The lowest BCUT2D eigenvalue weighted by molar-refractivity contribution is 0.660. The van der Waals surface area contributed by atoms with Gasteiger partial charge in [-0.25, -0.2) is 9.97 Å². The fraction of sp³-hybridized carbons (Fsp3) is 0.0612. The van der Waals surface area contributed by atoms with Crippen molar-refractivity contribution in [2.24, 2.45) is 0 Å². The SMILES string of the molecule is CC1(C)c2ccccc2-c2ccc(-c3cc(-c4ccccc4)nc(-c4cccc(-c5ccc6c(c5)c5ccccc5n6-c5ccccc5)c4)n3)cc21. The molecule has 3 heteroatoms. The summed E-state index contributed by atoms with van der Waals surface area (Å²) in [7, 11) is 0. The maximum Gasteiger partial charge on any atom is 0.160 e. The summed E-state index contributed by atoms with van der Waals surface area (Å²) in [6, 6.07) is 62.9. The summed E-state index contributed by atoms with van der Waals surface area (Å²) in [5, 5.41) is 2.47. The highest BCUT2D eigenvalue weighted by atomic mass is 15.0. The molecule has 0 radical (unpaired) electrons. The molecule has 3 nitrogen and oxygen atoms in total. The second-order valence-corrected chi connectivity index (χ2v) is 14.3. The van der Waals surface area contributed by atoms with Gasteiger partial charge in [0.1, 0.15) is 0 Å². The van der Waals surface area contributed by atoms with Gasteiger partial charge in [-0.3, -0.25) is 0 Å². The number of aromatic nitrogens is 3. The van der Waals surface area contributed by atoms with Crippen LogP contribution in [0.4, 0.5) is 0 Å². The van der Waals surface area contributed by atoms with E-state index in [4.69, 9.17) is 9.97 Å². The predicted molar refractivity (Wildman–Crippen MR) is 216 cm³/mol. The molecule has 0 N–H and O–H groups in total. The van der Waals surface area contributed by atoms with Gasteiger partial charge in [-0.1, -0.05) is 141 Å². The molecular formula is C49H35N3. The Morgan fingerprint density at radius 1 is 0.404 bits per heavy atom. The fourth-order valence-electron chi connectivity index (χ4n) is 8.19. The lowest BCUT2D eigenvalue weighted by Crippen LogP contribution is -2.14. The Morgan fingerprint density at radius 2 is 1.02 bits per heavy atom. The van der Waals surface area contributed by atoms with Gasteiger partial charge in [0.05, 0.1) is 22.4 Å². The molecule has 0 fully saturated rings. The molecule has 52 heavy (non-hydrogen) atoms. The Balaban J connectivity index is 1.10. The molecule has 246 valence electrons. The molecule has 7 aromatic carbocycles. The van der Waals surface area contributed by atoms with Crippen LogP contribution in [0.25, 0.3) is 83.6 Å². The largest absolute Gasteiger partial charge is 0.309 e. The number of nitrogens with zero attached hydrogens (tertiary/aromatic N) is 3. The molecule has 0 amide bonds. The minimum absolute atomic E-state index is 0.0944. The minimum Gasteiger partial charge on any atom is -0.309 e. The lowest BCUT2D eigenvalue weighted by atomic mass is 9.82. The smallest absolute Gasteiger partial charge is 0.160 e. The van der Waals surface area contributed by atoms with E-state index in [9.17, 15) is 0 Å². The van der Waals surface area contributed by atoms with Crippen molar-refractivity contribution in [1.29, 1.82) is 0 Å². The van der Waals surface area contributed by atoms with E-state index in [2.05, 4.69) is 188 Å². The number of hydrogen-bond donors (Lipinski definition) is 0. The maximum atomic E-state index is 5.27. The molecule has 0 bridgehead atoms. The van der Waals surface area contributed by atoms with Gasteiger partial charge in [0, 0.05) is 38.6 Å². The third-order valence-electron chi connectivity index (χ3n) is 10.8. The highest BCUT2D eigenvalue weighted by Gasteiger charge is 2.35. The first-order valence-electron chi connectivity index (χ1n) is 17.9. The summed E-state index contributed by atoms with van der Waals surface area (Å²) in [5.41, 5.74) is 16.0. The molecule has 0 atom stereocenters. The third kappa shape index (κ3) is 4.81. The van der Waals surface area contributed by atoms with E-state index in [-0.39, 0.29) is 5.41 Å². The van der Waals surface area contributed by atoms with Crippen molar-refractivity contribution in [3.05, 3.63) is 187 Å². The Bertz CT molecular complexity index is 2810. The molecule has 1 aliphatic carbocycles. The molecule has 1 aliphatic rings.